The molecule has 25 heavy (non-hydrogen) atoms. The Hall–Kier alpha value is -2.36. The Kier molecular flexibility index (Phi) is 5.83. The van der Waals surface area contributed by atoms with Crippen LogP contribution in [0.15, 0.2) is 36.4 Å². The van der Waals surface area contributed by atoms with Gasteiger partial charge in [0.05, 0.1) is 15.5 Å². The predicted molar refractivity (Wildman–Crippen MR) is 83.1 cm³/mol. The number of ether oxygens (including phenoxy) is 1. The lowest BCUT2D eigenvalue weighted by Crippen LogP contribution is -2.12. The van der Waals surface area contributed by atoms with Crippen molar-refractivity contribution < 1.29 is 28.0 Å². The summed E-state index contributed by atoms with van der Waals surface area (Å²) in [5.74, 6) is 0.148. The molecule has 0 atom stereocenters. The fraction of sp³-hybridized carbons (Fsp3) is 0.200. The van der Waals surface area contributed by atoms with Crippen molar-refractivity contribution in [2.24, 2.45) is 0 Å². The van der Waals surface area contributed by atoms with Crippen LogP contribution >= 0.6 is 11.6 Å². The summed E-state index contributed by atoms with van der Waals surface area (Å²) < 4.78 is 43.3. The molecule has 2 aromatic carbocycles. The molecule has 2 N–H and O–H groups in total. The van der Waals surface area contributed by atoms with Crippen molar-refractivity contribution in [1.29, 1.82) is 0 Å². The van der Waals surface area contributed by atoms with Gasteiger partial charge in [-0.1, -0.05) is 11.6 Å². The number of nitrogens with one attached hydrogen (secondary N) is 1. The summed E-state index contributed by atoms with van der Waals surface area (Å²) in [4.78, 5) is 10.4. The SMILES string of the molecule is O=[N+]([O-])c1ccc(Oc2ccc(C(F)(F)F)cc2Cl)cc1CCNO. The molecule has 2 rings (SSSR count). The van der Waals surface area contributed by atoms with E-state index in [9.17, 15) is 23.3 Å². The number of hydrogen-bond donors (Lipinski definition) is 2. The van der Waals surface area contributed by atoms with Gasteiger partial charge in [0.15, 0.2) is 0 Å². The van der Waals surface area contributed by atoms with Crippen molar-refractivity contribution in [3.8, 4) is 11.5 Å². The summed E-state index contributed by atoms with van der Waals surface area (Å²) in [6.45, 7) is 0.0747. The molecule has 0 aliphatic heterocycles. The normalized spacial score (nSPS) is 11.4. The van der Waals surface area contributed by atoms with Gasteiger partial charge in [0.25, 0.3) is 5.69 Å². The third kappa shape index (κ3) is 4.81. The van der Waals surface area contributed by atoms with Gasteiger partial charge in [-0.3, -0.25) is 10.1 Å². The number of hydroxylamine groups is 1. The first-order valence-corrected chi connectivity index (χ1v) is 7.29. The molecular formula is C15H12ClF3N2O4. The molecule has 6 nitrogen and oxygen atoms in total. The van der Waals surface area contributed by atoms with Crippen LogP contribution < -0.4 is 10.2 Å². The summed E-state index contributed by atoms with van der Waals surface area (Å²) in [5.41, 5.74) is 1.09. The highest BCUT2D eigenvalue weighted by Crippen LogP contribution is 2.37. The predicted octanol–water partition coefficient (Wildman–Crippen LogP) is 4.58. The summed E-state index contributed by atoms with van der Waals surface area (Å²) in [6, 6.07) is 6.51. The number of nitrogens with zero attached hydrogens (tertiary/aromatic N) is 1. The van der Waals surface area contributed by atoms with E-state index in [0.29, 0.717) is 0 Å². The summed E-state index contributed by atoms with van der Waals surface area (Å²) >= 11 is 5.81. The van der Waals surface area contributed by atoms with Crippen LogP contribution in [-0.2, 0) is 12.6 Å². The maximum atomic E-state index is 12.6. The second-order valence-electron chi connectivity index (χ2n) is 4.95. The Labute approximate surface area is 144 Å². The Morgan fingerprint density at radius 3 is 2.52 bits per heavy atom. The molecule has 0 unspecified atom stereocenters. The lowest BCUT2D eigenvalue weighted by atomic mass is 10.1. The fourth-order valence-corrected chi connectivity index (χ4v) is 2.30. The van der Waals surface area contributed by atoms with E-state index in [1.807, 2.05) is 5.48 Å². The van der Waals surface area contributed by atoms with E-state index >= 15 is 0 Å². The molecule has 0 spiro atoms. The van der Waals surface area contributed by atoms with E-state index in [4.69, 9.17) is 21.5 Å². The largest absolute Gasteiger partial charge is 0.456 e. The fourth-order valence-electron chi connectivity index (χ4n) is 2.08. The van der Waals surface area contributed by atoms with Gasteiger partial charge in [0.1, 0.15) is 11.5 Å². The van der Waals surface area contributed by atoms with Crippen LogP contribution in [0.5, 0.6) is 11.5 Å². The standard InChI is InChI=1S/C15H12ClF3N2O4/c16-12-8-10(15(17,18)19)1-4-14(12)25-11-2-3-13(21(23)24)9(7-11)5-6-20-22/h1-4,7-8,20,22H,5-6H2. The van der Waals surface area contributed by atoms with Gasteiger partial charge in [-0.2, -0.15) is 13.2 Å². The van der Waals surface area contributed by atoms with E-state index < -0.39 is 16.7 Å². The van der Waals surface area contributed by atoms with E-state index in [1.165, 1.54) is 18.2 Å². The molecule has 0 heterocycles. The lowest BCUT2D eigenvalue weighted by molar-refractivity contribution is -0.385. The van der Waals surface area contributed by atoms with E-state index in [2.05, 4.69) is 0 Å². The monoisotopic (exact) mass is 376 g/mol. The van der Waals surface area contributed by atoms with Crippen LogP contribution in [0.2, 0.25) is 5.02 Å². The minimum absolute atomic E-state index is 0.0187. The van der Waals surface area contributed by atoms with Crippen LogP contribution in [-0.4, -0.2) is 16.7 Å². The van der Waals surface area contributed by atoms with E-state index in [1.54, 1.807) is 0 Å². The number of hydrogen-bond acceptors (Lipinski definition) is 5. The van der Waals surface area contributed by atoms with Crippen molar-refractivity contribution >= 4 is 17.3 Å². The lowest BCUT2D eigenvalue weighted by Gasteiger charge is -2.12. The highest BCUT2D eigenvalue weighted by atomic mass is 35.5. The zero-order chi connectivity index (χ0) is 18.6. The minimum Gasteiger partial charge on any atom is -0.456 e. The first-order valence-electron chi connectivity index (χ1n) is 6.91. The molecule has 0 fully saturated rings. The van der Waals surface area contributed by atoms with Crippen LogP contribution in [0.3, 0.4) is 0 Å². The summed E-state index contributed by atoms with van der Waals surface area (Å²) in [6.07, 6.45) is -4.38. The molecule has 0 aliphatic carbocycles. The van der Waals surface area contributed by atoms with Crippen molar-refractivity contribution in [2.75, 3.05) is 6.54 Å². The summed E-state index contributed by atoms with van der Waals surface area (Å²) in [5, 5.41) is 19.4. The third-order valence-electron chi connectivity index (χ3n) is 3.24. The minimum atomic E-state index is -4.53. The van der Waals surface area contributed by atoms with Gasteiger partial charge in [-0.15, -0.1) is 0 Å². The van der Waals surface area contributed by atoms with Crippen LogP contribution in [0.25, 0.3) is 0 Å². The number of benzene rings is 2. The molecule has 10 heteroatoms. The second kappa shape index (κ2) is 7.68. The van der Waals surface area contributed by atoms with Gasteiger partial charge in [0, 0.05) is 18.2 Å². The molecule has 0 saturated carbocycles. The molecule has 0 saturated heterocycles. The molecule has 0 radical (unpaired) electrons. The Morgan fingerprint density at radius 1 is 1.24 bits per heavy atom. The molecule has 0 amide bonds. The molecule has 0 aliphatic rings. The maximum absolute atomic E-state index is 12.6. The Bertz CT molecular complexity index is 784. The van der Waals surface area contributed by atoms with E-state index in [0.717, 1.165) is 18.2 Å². The van der Waals surface area contributed by atoms with Gasteiger partial charge in [-0.25, -0.2) is 5.48 Å². The quantitative estimate of drug-likeness (QED) is 0.569. The molecular weight excluding hydrogens is 365 g/mol. The van der Waals surface area contributed by atoms with Crippen molar-refractivity contribution in [2.45, 2.75) is 12.6 Å². The Balaban J connectivity index is 2.29. The number of nitro groups is 1. The van der Waals surface area contributed by atoms with Crippen LogP contribution in [0.1, 0.15) is 11.1 Å². The van der Waals surface area contributed by atoms with Gasteiger partial charge < -0.3 is 9.94 Å². The van der Waals surface area contributed by atoms with Gasteiger partial charge in [0.2, 0.25) is 0 Å². The smallest absolute Gasteiger partial charge is 0.416 e. The highest BCUT2D eigenvalue weighted by Gasteiger charge is 2.31. The maximum Gasteiger partial charge on any atom is 0.416 e. The highest BCUT2D eigenvalue weighted by molar-refractivity contribution is 6.32. The average Bonchev–Trinajstić information content (AvgIpc) is 2.53. The zero-order valence-corrected chi connectivity index (χ0v) is 13.3. The topological polar surface area (TPSA) is 84.6 Å². The first kappa shape index (κ1) is 19.0. The summed E-state index contributed by atoms with van der Waals surface area (Å²) in [7, 11) is 0. The van der Waals surface area contributed by atoms with Crippen LogP contribution in [0, 0.1) is 10.1 Å². The van der Waals surface area contributed by atoms with E-state index in [-0.39, 0.29) is 40.7 Å². The number of nitro benzene ring substituents is 1. The molecule has 0 aromatic heterocycles. The van der Waals surface area contributed by atoms with Crippen molar-refractivity contribution in [3.63, 3.8) is 0 Å². The van der Waals surface area contributed by atoms with Gasteiger partial charge >= 0.3 is 6.18 Å². The number of halogens is 4. The van der Waals surface area contributed by atoms with Crippen LogP contribution in [0.4, 0.5) is 18.9 Å². The number of rotatable bonds is 6. The number of alkyl halides is 3. The first-order chi connectivity index (χ1) is 11.7. The van der Waals surface area contributed by atoms with Crippen molar-refractivity contribution in [3.05, 3.63) is 62.7 Å². The molecule has 2 aromatic rings. The zero-order valence-electron chi connectivity index (χ0n) is 12.5. The third-order valence-corrected chi connectivity index (χ3v) is 3.54. The van der Waals surface area contributed by atoms with Gasteiger partial charge in [-0.05, 0) is 36.8 Å². The molecule has 0 bridgehead atoms. The second-order valence-corrected chi connectivity index (χ2v) is 5.36. The van der Waals surface area contributed by atoms with Crippen molar-refractivity contribution in [1.82, 2.24) is 5.48 Å². The molecule has 134 valence electrons. The average molecular weight is 377 g/mol. The Morgan fingerprint density at radius 2 is 1.96 bits per heavy atom.